The van der Waals surface area contributed by atoms with Gasteiger partial charge in [-0.2, -0.15) is 0 Å². The molecular formula is C13H23NO2S. The van der Waals surface area contributed by atoms with Gasteiger partial charge in [-0.1, -0.05) is 6.42 Å². The van der Waals surface area contributed by atoms with Crippen molar-refractivity contribution in [3.8, 4) is 12.3 Å². The Morgan fingerprint density at radius 2 is 2.12 bits per heavy atom. The van der Waals surface area contributed by atoms with Crippen LogP contribution >= 0.6 is 0 Å². The molecule has 1 N–H and O–H groups in total. The maximum absolute atomic E-state index is 11.5. The van der Waals surface area contributed by atoms with E-state index in [9.17, 15) is 8.42 Å². The number of nitrogens with one attached hydrogen (secondary N) is 1. The SMILES string of the molecule is C#CCCCCNC1CCCC(S(C)(=O)=O)C1. The average molecular weight is 257 g/mol. The largest absolute Gasteiger partial charge is 0.314 e. The van der Waals surface area contributed by atoms with Crippen molar-refractivity contribution in [1.29, 1.82) is 0 Å². The van der Waals surface area contributed by atoms with E-state index in [4.69, 9.17) is 6.42 Å². The van der Waals surface area contributed by atoms with Crippen LogP contribution in [-0.4, -0.2) is 32.5 Å². The topological polar surface area (TPSA) is 46.2 Å². The van der Waals surface area contributed by atoms with E-state index in [1.165, 1.54) is 6.26 Å². The summed E-state index contributed by atoms with van der Waals surface area (Å²) in [6.07, 6.45) is 13.2. The van der Waals surface area contributed by atoms with Crippen LogP contribution in [0.2, 0.25) is 0 Å². The average Bonchev–Trinajstić information content (AvgIpc) is 2.28. The van der Waals surface area contributed by atoms with Gasteiger partial charge >= 0.3 is 0 Å². The molecule has 1 aliphatic rings. The first kappa shape index (κ1) is 14.5. The first-order chi connectivity index (χ1) is 8.04. The lowest BCUT2D eigenvalue weighted by molar-refractivity contribution is 0.370. The highest BCUT2D eigenvalue weighted by molar-refractivity contribution is 7.91. The Labute approximate surface area is 105 Å². The smallest absolute Gasteiger partial charge is 0.150 e. The van der Waals surface area contributed by atoms with Gasteiger partial charge in [0.05, 0.1) is 5.25 Å². The number of hydrogen-bond donors (Lipinski definition) is 1. The van der Waals surface area contributed by atoms with Crippen molar-refractivity contribution in [2.24, 2.45) is 0 Å². The summed E-state index contributed by atoms with van der Waals surface area (Å²) < 4.78 is 23.0. The molecule has 1 fully saturated rings. The Bertz CT molecular complexity index is 356. The molecule has 1 aliphatic carbocycles. The number of rotatable bonds is 6. The fourth-order valence-corrected chi connectivity index (χ4v) is 3.55. The van der Waals surface area contributed by atoms with Crippen molar-refractivity contribution < 1.29 is 8.42 Å². The predicted molar refractivity (Wildman–Crippen MR) is 71.6 cm³/mol. The number of unbranched alkanes of at least 4 members (excludes halogenated alkanes) is 2. The fraction of sp³-hybridized carbons (Fsp3) is 0.846. The summed E-state index contributed by atoms with van der Waals surface area (Å²) in [5.74, 6) is 2.63. The molecule has 0 radical (unpaired) electrons. The highest BCUT2D eigenvalue weighted by Crippen LogP contribution is 2.23. The number of hydrogen-bond acceptors (Lipinski definition) is 3. The van der Waals surface area contributed by atoms with E-state index in [1.54, 1.807) is 0 Å². The molecule has 1 rings (SSSR count). The van der Waals surface area contributed by atoms with Crippen LogP contribution in [0.25, 0.3) is 0 Å². The number of terminal acetylenes is 1. The van der Waals surface area contributed by atoms with E-state index in [0.717, 1.165) is 51.5 Å². The molecule has 0 amide bonds. The second-order valence-corrected chi connectivity index (χ2v) is 7.26. The maximum Gasteiger partial charge on any atom is 0.150 e. The lowest BCUT2D eigenvalue weighted by atomic mass is 9.95. The monoisotopic (exact) mass is 257 g/mol. The zero-order valence-corrected chi connectivity index (χ0v) is 11.4. The van der Waals surface area contributed by atoms with Gasteiger partial charge in [0.25, 0.3) is 0 Å². The Morgan fingerprint density at radius 3 is 2.76 bits per heavy atom. The van der Waals surface area contributed by atoms with Gasteiger partial charge in [0.1, 0.15) is 9.84 Å². The van der Waals surface area contributed by atoms with Crippen LogP contribution in [0.5, 0.6) is 0 Å². The van der Waals surface area contributed by atoms with E-state index in [0.29, 0.717) is 6.04 Å². The van der Waals surface area contributed by atoms with Crippen molar-refractivity contribution in [3.05, 3.63) is 0 Å². The third-order valence-corrected chi connectivity index (χ3v) is 5.05. The van der Waals surface area contributed by atoms with Crippen LogP contribution < -0.4 is 5.32 Å². The molecule has 98 valence electrons. The van der Waals surface area contributed by atoms with Gasteiger partial charge in [0.2, 0.25) is 0 Å². The van der Waals surface area contributed by atoms with Crippen LogP contribution in [0.4, 0.5) is 0 Å². The first-order valence-electron chi connectivity index (χ1n) is 6.39. The minimum Gasteiger partial charge on any atom is -0.314 e. The van der Waals surface area contributed by atoms with Gasteiger partial charge in [0.15, 0.2) is 0 Å². The van der Waals surface area contributed by atoms with Crippen molar-refractivity contribution in [2.45, 2.75) is 56.2 Å². The summed E-state index contributed by atoms with van der Waals surface area (Å²) in [5.41, 5.74) is 0. The molecule has 0 aliphatic heterocycles. The fourth-order valence-electron chi connectivity index (χ4n) is 2.38. The summed E-state index contributed by atoms with van der Waals surface area (Å²) in [5, 5.41) is 3.31. The van der Waals surface area contributed by atoms with Crippen LogP contribution in [0.1, 0.15) is 44.9 Å². The molecule has 2 atom stereocenters. The van der Waals surface area contributed by atoms with E-state index in [1.807, 2.05) is 0 Å². The molecular weight excluding hydrogens is 234 g/mol. The lowest BCUT2D eigenvalue weighted by Crippen LogP contribution is -2.39. The molecule has 0 heterocycles. The first-order valence-corrected chi connectivity index (χ1v) is 8.35. The molecule has 0 saturated heterocycles. The summed E-state index contributed by atoms with van der Waals surface area (Å²) >= 11 is 0. The van der Waals surface area contributed by atoms with Gasteiger partial charge in [0, 0.05) is 18.7 Å². The molecule has 0 aromatic rings. The Morgan fingerprint density at radius 1 is 1.35 bits per heavy atom. The molecule has 17 heavy (non-hydrogen) atoms. The summed E-state index contributed by atoms with van der Waals surface area (Å²) in [6.45, 7) is 0.947. The summed E-state index contributed by atoms with van der Waals surface area (Å²) in [6, 6.07) is 0.370. The molecule has 1 saturated carbocycles. The minimum absolute atomic E-state index is 0.139. The Kier molecular flexibility index (Phi) is 6.01. The standard InChI is InChI=1S/C13H23NO2S/c1-3-4-5-6-10-14-12-8-7-9-13(11-12)17(2,15)16/h1,12-14H,4-11H2,2H3. The van der Waals surface area contributed by atoms with Crippen molar-refractivity contribution in [2.75, 3.05) is 12.8 Å². The zero-order chi connectivity index (χ0) is 12.7. The molecule has 0 aromatic carbocycles. The van der Waals surface area contributed by atoms with Gasteiger partial charge in [-0.3, -0.25) is 0 Å². The molecule has 0 bridgehead atoms. The van der Waals surface area contributed by atoms with Crippen molar-refractivity contribution in [1.82, 2.24) is 5.32 Å². The van der Waals surface area contributed by atoms with Crippen LogP contribution in [0, 0.1) is 12.3 Å². The second kappa shape index (κ2) is 7.03. The lowest BCUT2D eigenvalue weighted by Gasteiger charge is -2.28. The Hall–Kier alpha value is -0.530. The van der Waals surface area contributed by atoms with E-state index < -0.39 is 9.84 Å². The van der Waals surface area contributed by atoms with Crippen LogP contribution in [0.15, 0.2) is 0 Å². The maximum atomic E-state index is 11.5. The quantitative estimate of drug-likeness (QED) is 0.582. The van der Waals surface area contributed by atoms with E-state index in [-0.39, 0.29) is 5.25 Å². The molecule has 0 spiro atoms. The molecule has 3 nitrogen and oxygen atoms in total. The molecule has 4 heteroatoms. The van der Waals surface area contributed by atoms with Gasteiger partial charge < -0.3 is 5.32 Å². The third-order valence-electron chi connectivity index (χ3n) is 3.41. The van der Waals surface area contributed by atoms with Gasteiger partial charge in [-0.05, 0) is 38.6 Å². The second-order valence-electron chi connectivity index (χ2n) is 4.93. The normalized spacial score (nSPS) is 25.4. The highest BCUT2D eigenvalue weighted by atomic mass is 32.2. The van der Waals surface area contributed by atoms with Crippen molar-refractivity contribution in [3.63, 3.8) is 0 Å². The Balaban J connectivity index is 2.24. The van der Waals surface area contributed by atoms with E-state index >= 15 is 0 Å². The van der Waals surface area contributed by atoms with Gasteiger partial charge in [-0.15, -0.1) is 12.3 Å². The molecule has 2 unspecified atom stereocenters. The summed E-state index contributed by atoms with van der Waals surface area (Å²) in [4.78, 5) is 0. The van der Waals surface area contributed by atoms with Crippen molar-refractivity contribution >= 4 is 9.84 Å². The van der Waals surface area contributed by atoms with Crippen LogP contribution in [0.3, 0.4) is 0 Å². The van der Waals surface area contributed by atoms with E-state index in [2.05, 4.69) is 11.2 Å². The zero-order valence-electron chi connectivity index (χ0n) is 10.6. The minimum atomic E-state index is -2.86. The van der Waals surface area contributed by atoms with Crippen LogP contribution in [-0.2, 0) is 9.84 Å². The van der Waals surface area contributed by atoms with Gasteiger partial charge in [-0.25, -0.2) is 8.42 Å². The third kappa shape index (κ3) is 5.56. The summed E-state index contributed by atoms with van der Waals surface area (Å²) in [7, 11) is -2.86. The highest BCUT2D eigenvalue weighted by Gasteiger charge is 2.28. The number of sulfone groups is 1. The predicted octanol–water partition coefficient (Wildman–Crippen LogP) is 1.74. The molecule has 0 aromatic heterocycles.